The quantitative estimate of drug-likeness (QED) is 0.411. The van der Waals surface area contributed by atoms with Gasteiger partial charge >= 0.3 is 0 Å². The van der Waals surface area contributed by atoms with Crippen LogP contribution in [0.2, 0.25) is 0 Å². The van der Waals surface area contributed by atoms with E-state index in [4.69, 9.17) is 4.84 Å². The molecule has 0 aliphatic heterocycles. The Balaban J connectivity index is 3.28. The van der Waals surface area contributed by atoms with Crippen LogP contribution in [0.3, 0.4) is 0 Å². The summed E-state index contributed by atoms with van der Waals surface area (Å²) < 4.78 is 0. The van der Waals surface area contributed by atoms with Crippen molar-refractivity contribution in [2.24, 2.45) is 10.6 Å². The highest BCUT2D eigenvalue weighted by Crippen LogP contribution is 2.12. The highest BCUT2D eigenvalue weighted by atomic mass is 16.6. The van der Waals surface area contributed by atoms with Crippen LogP contribution in [0.25, 0.3) is 0 Å². The predicted molar refractivity (Wildman–Crippen MR) is 39.3 cm³/mol. The van der Waals surface area contributed by atoms with Gasteiger partial charge in [0, 0.05) is 6.21 Å². The number of rotatable bonds is 2. The van der Waals surface area contributed by atoms with Crippen molar-refractivity contribution < 1.29 is 4.84 Å². The maximum atomic E-state index is 4.85. The lowest BCUT2D eigenvalue weighted by atomic mass is 9.99. The average molecular weight is 128 g/mol. The van der Waals surface area contributed by atoms with Crippen LogP contribution < -0.4 is 0 Å². The smallest absolute Gasteiger partial charge is 0.122 e. The fraction of sp³-hybridized carbons (Fsp3) is 0.714. The van der Waals surface area contributed by atoms with E-state index in [1.165, 1.54) is 6.21 Å². The molecule has 0 atom stereocenters. The lowest BCUT2D eigenvalue weighted by Gasteiger charge is -2.14. The van der Waals surface area contributed by atoms with Gasteiger partial charge < -0.3 is 4.84 Å². The van der Waals surface area contributed by atoms with E-state index in [1.807, 2.05) is 0 Å². The molecule has 0 aliphatic carbocycles. The summed E-state index contributed by atoms with van der Waals surface area (Å²) in [5.41, 5.74) is 0.187. The van der Waals surface area contributed by atoms with E-state index in [1.54, 1.807) is 0 Å². The maximum absolute atomic E-state index is 4.85. The van der Waals surface area contributed by atoms with E-state index < -0.39 is 0 Å². The standard InChI is InChI=1S/C7H14NO/c1-5-8-9-6-7(2,3)4/h5H,1,6H2,2-4H3. The molecule has 0 saturated heterocycles. The lowest BCUT2D eigenvalue weighted by molar-refractivity contribution is 0.0783. The van der Waals surface area contributed by atoms with E-state index in [2.05, 4.69) is 32.9 Å². The van der Waals surface area contributed by atoms with Crippen LogP contribution in [0.15, 0.2) is 5.16 Å². The molecule has 0 aromatic heterocycles. The third-order valence-electron chi connectivity index (χ3n) is 0.647. The number of oxime groups is 1. The van der Waals surface area contributed by atoms with E-state index in [-0.39, 0.29) is 5.41 Å². The van der Waals surface area contributed by atoms with Crippen LogP contribution in [0.4, 0.5) is 0 Å². The molecular weight excluding hydrogens is 114 g/mol. The Kier molecular flexibility index (Phi) is 3.28. The van der Waals surface area contributed by atoms with Crippen LogP contribution in [0, 0.1) is 12.3 Å². The van der Waals surface area contributed by atoms with Gasteiger partial charge in [0.15, 0.2) is 0 Å². The van der Waals surface area contributed by atoms with Crippen LogP contribution in [-0.4, -0.2) is 12.8 Å². The zero-order valence-electron chi connectivity index (χ0n) is 6.35. The first-order valence-corrected chi connectivity index (χ1v) is 2.99. The van der Waals surface area contributed by atoms with Crippen molar-refractivity contribution in [3.8, 4) is 0 Å². The molecule has 9 heavy (non-hydrogen) atoms. The normalized spacial score (nSPS) is 12.4. The van der Waals surface area contributed by atoms with Gasteiger partial charge in [-0.05, 0) is 12.3 Å². The van der Waals surface area contributed by atoms with Crippen molar-refractivity contribution in [2.45, 2.75) is 20.8 Å². The van der Waals surface area contributed by atoms with E-state index >= 15 is 0 Å². The van der Waals surface area contributed by atoms with Gasteiger partial charge in [-0.25, -0.2) is 0 Å². The van der Waals surface area contributed by atoms with Crippen molar-refractivity contribution >= 4 is 6.21 Å². The molecule has 0 aliphatic rings. The Morgan fingerprint density at radius 2 is 2.11 bits per heavy atom. The summed E-state index contributed by atoms with van der Waals surface area (Å²) in [5, 5.41) is 3.52. The average Bonchev–Trinajstić information content (AvgIpc) is 1.63. The Labute approximate surface area is 56.9 Å². The van der Waals surface area contributed by atoms with Gasteiger partial charge in [0.25, 0.3) is 0 Å². The molecular formula is C7H14NO. The minimum absolute atomic E-state index is 0.187. The van der Waals surface area contributed by atoms with Crippen molar-refractivity contribution in [1.29, 1.82) is 0 Å². The molecule has 0 heterocycles. The Morgan fingerprint density at radius 1 is 1.56 bits per heavy atom. The molecule has 0 N–H and O–H groups in total. The second-order valence-corrected chi connectivity index (χ2v) is 3.12. The van der Waals surface area contributed by atoms with Crippen molar-refractivity contribution in [1.82, 2.24) is 0 Å². The van der Waals surface area contributed by atoms with E-state index in [0.717, 1.165) is 0 Å². The molecule has 0 aromatic carbocycles. The SMILES string of the molecule is [CH2]C=NOCC(C)(C)C. The van der Waals surface area contributed by atoms with Gasteiger partial charge in [0.2, 0.25) is 0 Å². The molecule has 0 aromatic rings. The van der Waals surface area contributed by atoms with Gasteiger partial charge in [0.1, 0.15) is 6.61 Å². The Hall–Kier alpha value is -0.530. The van der Waals surface area contributed by atoms with E-state index in [0.29, 0.717) is 6.61 Å². The molecule has 0 saturated carbocycles. The molecule has 0 bridgehead atoms. The second-order valence-electron chi connectivity index (χ2n) is 3.12. The third kappa shape index (κ3) is 7.47. The summed E-state index contributed by atoms with van der Waals surface area (Å²) >= 11 is 0. The van der Waals surface area contributed by atoms with Crippen LogP contribution in [0.1, 0.15) is 20.8 Å². The van der Waals surface area contributed by atoms with E-state index in [9.17, 15) is 0 Å². The number of nitrogens with zero attached hydrogens (tertiary/aromatic N) is 1. The molecule has 0 spiro atoms. The van der Waals surface area contributed by atoms with Gasteiger partial charge in [-0.3, -0.25) is 0 Å². The molecule has 1 radical (unpaired) electrons. The zero-order chi connectivity index (χ0) is 7.33. The largest absolute Gasteiger partial charge is 0.396 e. The maximum Gasteiger partial charge on any atom is 0.122 e. The zero-order valence-corrected chi connectivity index (χ0v) is 6.35. The summed E-state index contributed by atoms with van der Waals surface area (Å²) in [6.07, 6.45) is 1.39. The third-order valence-corrected chi connectivity index (χ3v) is 0.647. The summed E-state index contributed by atoms with van der Waals surface area (Å²) in [5.74, 6) is 0. The summed E-state index contributed by atoms with van der Waals surface area (Å²) in [7, 11) is 0. The van der Waals surface area contributed by atoms with Crippen molar-refractivity contribution in [3.05, 3.63) is 6.92 Å². The van der Waals surface area contributed by atoms with Crippen LogP contribution in [-0.2, 0) is 4.84 Å². The lowest BCUT2D eigenvalue weighted by Crippen LogP contribution is -2.12. The van der Waals surface area contributed by atoms with Gasteiger partial charge in [-0.2, -0.15) is 0 Å². The molecule has 0 rings (SSSR count). The summed E-state index contributed by atoms with van der Waals surface area (Å²) in [4.78, 5) is 4.85. The molecule has 0 amide bonds. The topological polar surface area (TPSA) is 21.6 Å². The molecule has 2 nitrogen and oxygen atoms in total. The molecule has 0 fully saturated rings. The molecule has 53 valence electrons. The highest BCUT2D eigenvalue weighted by molar-refractivity contribution is 5.60. The van der Waals surface area contributed by atoms with Crippen molar-refractivity contribution in [3.63, 3.8) is 0 Å². The minimum atomic E-state index is 0.187. The first-order valence-electron chi connectivity index (χ1n) is 2.99. The van der Waals surface area contributed by atoms with Gasteiger partial charge in [-0.1, -0.05) is 25.9 Å². The second kappa shape index (κ2) is 3.49. The summed E-state index contributed by atoms with van der Waals surface area (Å²) in [6, 6.07) is 0. The summed E-state index contributed by atoms with van der Waals surface area (Å²) in [6.45, 7) is 10.3. The number of hydrogen-bond donors (Lipinski definition) is 0. The Morgan fingerprint density at radius 3 is 2.44 bits per heavy atom. The fourth-order valence-electron chi connectivity index (χ4n) is 0.284. The number of hydrogen-bond acceptors (Lipinski definition) is 2. The molecule has 2 heteroatoms. The van der Waals surface area contributed by atoms with Crippen molar-refractivity contribution in [2.75, 3.05) is 6.61 Å². The monoisotopic (exact) mass is 128 g/mol. The van der Waals surface area contributed by atoms with Gasteiger partial charge in [-0.15, -0.1) is 0 Å². The first kappa shape index (κ1) is 8.47. The Bertz CT molecular complexity index is 91.6. The highest BCUT2D eigenvalue weighted by Gasteiger charge is 2.09. The van der Waals surface area contributed by atoms with Gasteiger partial charge in [0.05, 0.1) is 0 Å². The molecule has 0 unspecified atom stereocenters. The first-order chi connectivity index (χ1) is 4.06. The van der Waals surface area contributed by atoms with Crippen LogP contribution >= 0.6 is 0 Å². The fourth-order valence-corrected chi connectivity index (χ4v) is 0.284. The minimum Gasteiger partial charge on any atom is -0.396 e. The predicted octanol–water partition coefficient (Wildman–Crippen LogP) is 1.87. The van der Waals surface area contributed by atoms with Crippen LogP contribution in [0.5, 0.6) is 0 Å².